The van der Waals surface area contributed by atoms with Crippen molar-refractivity contribution < 1.29 is 0 Å². The first-order valence-corrected chi connectivity index (χ1v) is 9.18. The minimum absolute atomic E-state index is 0. The molecule has 1 aromatic heterocycles. The van der Waals surface area contributed by atoms with E-state index in [1.165, 1.54) is 28.7 Å². The fourth-order valence-electron chi connectivity index (χ4n) is 3.51. The minimum Gasteiger partial charge on any atom is -0.399 e. The summed E-state index contributed by atoms with van der Waals surface area (Å²) in [6.45, 7) is 0.839. The van der Waals surface area contributed by atoms with Crippen molar-refractivity contribution >= 4 is 47.5 Å². The number of hydrogen-bond acceptors (Lipinski definition) is 4. The third-order valence-corrected chi connectivity index (χ3v) is 5.57. The van der Waals surface area contributed by atoms with Crippen LogP contribution in [-0.4, -0.2) is 0 Å². The molecular formula is C20H23Cl2N3S. The zero-order valence-corrected chi connectivity index (χ0v) is 16.7. The van der Waals surface area contributed by atoms with Gasteiger partial charge >= 0.3 is 0 Å². The number of aryl methyl sites for hydroxylation is 1. The van der Waals surface area contributed by atoms with Crippen LogP contribution in [0.15, 0.2) is 53.2 Å². The Labute approximate surface area is 170 Å². The summed E-state index contributed by atoms with van der Waals surface area (Å²) in [4.78, 5) is 0. The van der Waals surface area contributed by atoms with Crippen LogP contribution in [0.4, 0.5) is 11.4 Å². The molecule has 2 aromatic carbocycles. The lowest BCUT2D eigenvalue weighted by molar-refractivity contribution is 0.531. The molecule has 26 heavy (non-hydrogen) atoms. The molecule has 0 saturated heterocycles. The molecule has 1 aliphatic rings. The predicted molar refractivity (Wildman–Crippen MR) is 117 cm³/mol. The molecule has 138 valence electrons. The first-order valence-electron chi connectivity index (χ1n) is 8.24. The van der Waals surface area contributed by atoms with Crippen LogP contribution in [0.2, 0.25) is 0 Å². The van der Waals surface area contributed by atoms with Crippen molar-refractivity contribution in [2.75, 3.05) is 11.5 Å². The zero-order chi connectivity index (χ0) is 16.5. The van der Waals surface area contributed by atoms with E-state index in [0.717, 1.165) is 29.9 Å². The van der Waals surface area contributed by atoms with Gasteiger partial charge in [-0.25, -0.2) is 0 Å². The van der Waals surface area contributed by atoms with Crippen LogP contribution >= 0.6 is 36.2 Å². The molecule has 1 aliphatic carbocycles. The van der Waals surface area contributed by atoms with Crippen LogP contribution in [0.25, 0.3) is 11.1 Å². The molecule has 3 aromatic rings. The van der Waals surface area contributed by atoms with Gasteiger partial charge in [0, 0.05) is 29.5 Å². The van der Waals surface area contributed by atoms with Gasteiger partial charge in [-0.2, -0.15) is 11.3 Å². The average molecular weight is 408 g/mol. The van der Waals surface area contributed by atoms with Gasteiger partial charge in [0.25, 0.3) is 0 Å². The van der Waals surface area contributed by atoms with Gasteiger partial charge in [-0.15, -0.1) is 24.8 Å². The van der Waals surface area contributed by atoms with E-state index < -0.39 is 0 Å². The summed E-state index contributed by atoms with van der Waals surface area (Å²) in [6.07, 6.45) is 2.33. The molecule has 1 heterocycles. The van der Waals surface area contributed by atoms with E-state index in [1.54, 1.807) is 11.3 Å². The van der Waals surface area contributed by atoms with Gasteiger partial charge in [-0.05, 0) is 64.1 Å². The second kappa shape index (κ2) is 8.78. The number of nitrogens with one attached hydrogen (secondary N) is 1. The van der Waals surface area contributed by atoms with Crippen molar-refractivity contribution in [1.82, 2.24) is 5.32 Å². The molecule has 5 N–H and O–H groups in total. The van der Waals surface area contributed by atoms with E-state index in [-0.39, 0.29) is 24.8 Å². The lowest BCUT2D eigenvalue weighted by Gasteiger charge is -2.15. The van der Waals surface area contributed by atoms with Crippen molar-refractivity contribution in [1.29, 1.82) is 0 Å². The first-order chi connectivity index (χ1) is 11.7. The number of thiophene rings is 1. The van der Waals surface area contributed by atoms with Gasteiger partial charge in [0.2, 0.25) is 0 Å². The number of anilines is 2. The van der Waals surface area contributed by atoms with Crippen molar-refractivity contribution in [2.24, 2.45) is 0 Å². The van der Waals surface area contributed by atoms with Crippen molar-refractivity contribution in [3.05, 3.63) is 69.9 Å². The number of benzene rings is 2. The molecule has 0 aliphatic heterocycles. The van der Waals surface area contributed by atoms with Gasteiger partial charge in [-0.1, -0.05) is 24.3 Å². The molecule has 0 fully saturated rings. The normalized spacial score (nSPS) is 15.0. The molecule has 0 bridgehead atoms. The van der Waals surface area contributed by atoms with Crippen LogP contribution in [-0.2, 0) is 13.0 Å². The lowest BCUT2D eigenvalue weighted by atomic mass is 10.0. The van der Waals surface area contributed by atoms with E-state index in [2.05, 4.69) is 40.3 Å². The molecular weight excluding hydrogens is 385 g/mol. The molecule has 1 atom stereocenters. The highest BCUT2D eigenvalue weighted by molar-refractivity contribution is 7.08. The summed E-state index contributed by atoms with van der Waals surface area (Å²) in [6, 6.07) is 14.9. The smallest absolute Gasteiger partial charge is 0.0395 e. The molecule has 1 unspecified atom stereocenters. The van der Waals surface area contributed by atoms with Gasteiger partial charge in [0.05, 0.1) is 0 Å². The largest absolute Gasteiger partial charge is 0.399 e. The Morgan fingerprint density at radius 3 is 2.65 bits per heavy atom. The van der Waals surface area contributed by atoms with Gasteiger partial charge in [0.1, 0.15) is 0 Å². The Morgan fingerprint density at radius 2 is 1.81 bits per heavy atom. The van der Waals surface area contributed by atoms with Crippen LogP contribution in [0.5, 0.6) is 0 Å². The summed E-state index contributed by atoms with van der Waals surface area (Å²) in [5, 5.41) is 8.08. The van der Waals surface area contributed by atoms with Crippen molar-refractivity contribution in [2.45, 2.75) is 25.4 Å². The fourth-order valence-corrected chi connectivity index (χ4v) is 4.36. The van der Waals surface area contributed by atoms with Crippen molar-refractivity contribution in [3.8, 4) is 11.1 Å². The average Bonchev–Trinajstić information content (AvgIpc) is 3.22. The molecule has 4 rings (SSSR count). The quantitative estimate of drug-likeness (QED) is 0.520. The molecule has 0 saturated carbocycles. The highest BCUT2D eigenvalue weighted by Gasteiger charge is 2.21. The van der Waals surface area contributed by atoms with Crippen LogP contribution < -0.4 is 16.8 Å². The monoisotopic (exact) mass is 407 g/mol. The van der Waals surface area contributed by atoms with Gasteiger partial charge in [-0.3, -0.25) is 0 Å². The third-order valence-electron chi connectivity index (χ3n) is 4.78. The van der Waals surface area contributed by atoms with Crippen LogP contribution in [0.1, 0.15) is 29.2 Å². The fraction of sp³-hybridized carbons (Fsp3) is 0.200. The number of fused-ring (bicyclic) bond motifs is 1. The van der Waals surface area contributed by atoms with E-state index in [4.69, 9.17) is 11.5 Å². The SMILES string of the molecule is Cl.Cl.Nc1ccc(N)c(-c2cscc2CNC2CCc3ccccc32)c1. The summed E-state index contributed by atoms with van der Waals surface area (Å²) in [5.74, 6) is 0. The lowest BCUT2D eigenvalue weighted by Crippen LogP contribution is -2.18. The standard InChI is InChI=1S/C20H21N3S.2ClH/c21-15-6-7-19(22)17(9-15)18-12-24-11-14(18)10-23-20-8-5-13-3-1-2-4-16(13)20;;/h1-4,6-7,9,11-12,20,23H,5,8,10,21-22H2;2*1H. The van der Waals surface area contributed by atoms with Crippen LogP contribution in [0.3, 0.4) is 0 Å². The number of rotatable bonds is 4. The number of halogens is 2. The van der Waals surface area contributed by atoms with E-state index in [1.807, 2.05) is 18.2 Å². The predicted octanol–water partition coefficient (Wildman–Crippen LogP) is 5.20. The molecule has 3 nitrogen and oxygen atoms in total. The minimum atomic E-state index is 0. The highest BCUT2D eigenvalue weighted by atomic mass is 35.5. The summed E-state index contributed by atoms with van der Waals surface area (Å²) in [7, 11) is 0. The second-order valence-electron chi connectivity index (χ2n) is 6.33. The van der Waals surface area contributed by atoms with Crippen molar-refractivity contribution in [3.63, 3.8) is 0 Å². The topological polar surface area (TPSA) is 64.1 Å². The molecule has 0 radical (unpaired) electrons. The highest BCUT2D eigenvalue weighted by Crippen LogP contribution is 2.35. The Hall–Kier alpha value is -1.72. The Bertz CT molecular complexity index is 879. The number of nitrogens with two attached hydrogens (primary N) is 2. The maximum Gasteiger partial charge on any atom is 0.0395 e. The summed E-state index contributed by atoms with van der Waals surface area (Å²) >= 11 is 1.71. The molecule has 6 heteroatoms. The van der Waals surface area contributed by atoms with Gasteiger partial charge in [0.15, 0.2) is 0 Å². The second-order valence-corrected chi connectivity index (χ2v) is 7.07. The Balaban J connectivity index is 0.00000121. The first kappa shape index (κ1) is 20.6. The number of nitrogen functional groups attached to an aromatic ring is 2. The number of hydrogen-bond donors (Lipinski definition) is 3. The zero-order valence-electron chi connectivity index (χ0n) is 14.3. The molecule has 0 spiro atoms. The maximum atomic E-state index is 6.16. The third kappa shape index (κ3) is 3.99. The maximum absolute atomic E-state index is 6.16. The van der Waals surface area contributed by atoms with Gasteiger partial charge < -0.3 is 16.8 Å². The Morgan fingerprint density at radius 1 is 1.00 bits per heavy atom. The van der Waals surface area contributed by atoms with E-state index in [0.29, 0.717) is 6.04 Å². The van der Waals surface area contributed by atoms with E-state index in [9.17, 15) is 0 Å². The summed E-state index contributed by atoms with van der Waals surface area (Å²) in [5.41, 5.74) is 20.0. The van der Waals surface area contributed by atoms with E-state index >= 15 is 0 Å². The molecule has 0 amide bonds. The Kier molecular flexibility index (Phi) is 6.95. The summed E-state index contributed by atoms with van der Waals surface area (Å²) < 4.78 is 0. The van der Waals surface area contributed by atoms with Crippen LogP contribution in [0, 0.1) is 0 Å².